The van der Waals surface area contributed by atoms with Gasteiger partial charge in [-0.2, -0.15) is 5.10 Å². The maximum absolute atomic E-state index is 12.9. The second-order valence-electron chi connectivity index (χ2n) is 6.57. The normalized spacial score (nSPS) is 22.0. The molecule has 0 aromatic heterocycles. The van der Waals surface area contributed by atoms with E-state index in [4.69, 9.17) is 14.6 Å². The fourth-order valence-corrected chi connectivity index (χ4v) is 4.01. The summed E-state index contributed by atoms with van der Waals surface area (Å²) >= 11 is 3.45. The number of fused-ring (bicyclic) bond motifs is 1. The predicted octanol–water partition coefficient (Wildman–Crippen LogP) is 4.01. The average Bonchev–Trinajstić information content (AvgIpc) is 2.69. The second-order valence-corrected chi connectivity index (χ2v) is 7.36. The zero-order valence-corrected chi connectivity index (χ0v) is 16.9. The highest BCUT2D eigenvalue weighted by Gasteiger charge is 2.39. The van der Waals surface area contributed by atoms with Gasteiger partial charge in [-0.25, -0.2) is 5.01 Å². The number of rotatable bonds is 7. The predicted molar refractivity (Wildman–Crippen MR) is 106 cm³/mol. The van der Waals surface area contributed by atoms with Gasteiger partial charge in [0.1, 0.15) is 0 Å². The molecule has 1 aliphatic carbocycles. The van der Waals surface area contributed by atoms with Gasteiger partial charge in [0.2, 0.25) is 5.91 Å². The number of carbonyl (C=O) groups is 1. The molecule has 0 radical (unpaired) electrons. The van der Waals surface area contributed by atoms with Gasteiger partial charge < -0.3 is 9.47 Å². The van der Waals surface area contributed by atoms with Crippen molar-refractivity contribution in [2.45, 2.75) is 25.7 Å². The summed E-state index contributed by atoms with van der Waals surface area (Å²) in [5.41, 5.74) is 1.96. The fraction of sp³-hybridized carbons (Fsp3) is 0.500. The summed E-state index contributed by atoms with van der Waals surface area (Å²) in [5, 5.41) is 7.39. The smallest absolute Gasteiger partial charge is 0.246 e. The van der Waals surface area contributed by atoms with Crippen LogP contribution >= 0.6 is 15.9 Å². The molecule has 1 aromatic rings. The molecule has 0 bridgehead atoms. The Morgan fingerprint density at radius 2 is 1.85 bits per heavy atom. The number of halogens is 1. The molecule has 5 nitrogen and oxygen atoms in total. The van der Waals surface area contributed by atoms with Crippen molar-refractivity contribution in [2.24, 2.45) is 16.9 Å². The van der Waals surface area contributed by atoms with E-state index >= 15 is 0 Å². The van der Waals surface area contributed by atoms with Crippen molar-refractivity contribution in [1.82, 2.24) is 5.01 Å². The summed E-state index contributed by atoms with van der Waals surface area (Å²) in [6, 6.07) is 5.86. The molecule has 0 N–H and O–H groups in total. The molecular weight excluding hydrogens is 396 g/mol. The Hall–Kier alpha value is -1.82. The molecule has 2 atom stereocenters. The Bertz CT molecular complexity index is 717. The van der Waals surface area contributed by atoms with Crippen LogP contribution < -0.4 is 9.47 Å². The van der Waals surface area contributed by atoms with Gasteiger partial charge in [-0.15, -0.1) is 0 Å². The minimum Gasteiger partial charge on any atom is -0.493 e. The van der Waals surface area contributed by atoms with Crippen LogP contribution in [-0.2, 0) is 4.79 Å². The number of unbranched alkanes of at least 4 members (excludes halogenated alkanes) is 1. The summed E-state index contributed by atoms with van der Waals surface area (Å²) in [6.07, 6.45) is 7.87. The molecule has 1 aliphatic heterocycles. The number of nitrogens with zero attached hydrogens (tertiary/aromatic N) is 2. The number of carbonyl (C=O) groups excluding carboxylic acids is 1. The standard InChI is InChI=1S/C20H25BrN2O3/c1-25-17-10-9-14(13-18(17)26-2)19-15-7-3-4-8-16(15)20(24)23(22-19)12-6-5-11-21/h3-4,9-10,13,15-16H,5-8,11-12H2,1-2H3/t15-,16+/m1/s1. The first-order valence-electron chi connectivity index (χ1n) is 9.02. The van der Waals surface area contributed by atoms with Crippen LogP contribution in [0.1, 0.15) is 31.2 Å². The zero-order chi connectivity index (χ0) is 18.5. The number of allylic oxidation sites excluding steroid dienone is 2. The monoisotopic (exact) mass is 420 g/mol. The van der Waals surface area contributed by atoms with E-state index in [0.29, 0.717) is 18.0 Å². The van der Waals surface area contributed by atoms with E-state index in [9.17, 15) is 4.79 Å². The van der Waals surface area contributed by atoms with Crippen molar-refractivity contribution in [2.75, 3.05) is 26.1 Å². The molecule has 0 spiro atoms. The molecule has 140 valence electrons. The largest absolute Gasteiger partial charge is 0.493 e. The van der Waals surface area contributed by atoms with Gasteiger partial charge in [0.25, 0.3) is 0 Å². The van der Waals surface area contributed by atoms with Gasteiger partial charge in [-0.05, 0) is 43.9 Å². The molecule has 2 aliphatic rings. The van der Waals surface area contributed by atoms with Gasteiger partial charge in [-0.3, -0.25) is 4.79 Å². The summed E-state index contributed by atoms with van der Waals surface area (Å²) in [7, 11) is 3.26. The first-order valence-corrected chi connectivity index (χ1v) is 10.1. The Balaban J connectivity index is 1.96. The summed E-state index contributed by atoms with van der Waals surface area (Å²) < 4.78 is 10.8. The van der Waals surface area contributed by atoms with Crippen LogP contribution in [0, 0.1) is 11.8 Å². The zero-order valence-electron chi connectivity index (χ0n) is 15.3. The molecule has 0 unspecified atom stereocenters. The highest BCUT2D eigenvalue weighted by molar-refractivity contribution is 9.09. The number of benzene rings is 1. The van der Waals surface area contributed by atoms with E-state index in [1.807, 2.05) is 18.2 Å². The quantitative estimate of drug-likeness (QED) is 0.380. The SMILES string of the molecule is COc1ccc(C2=NN(CCCCBr)C(=O)[C@H]3CC=CC[C@@H]23)cc1OC. The molecular formula is C20H25BrN2O3. The molecule has 26 heavy (non-hydrogen) atoms. The first kappa shape index (κ1) is 19.0. The summed E-state index contributed by atoms with van der Waals surface area (Å²) in [6.45, 7) is 0.661. The Kier molecular flexibility index (Phi) is 6.35. The summed E-state index contributed by atoms with van der Waals surface area (Å²) in [4.78, 5) is 12.9. The maximum atomic E-state index is 12.9. The van der Waals surface area contributed by atoms with Crippen molar-refractivity contribution in [3.63, 3.8) is 0 Å². The Morgan fingerprint density at radius 3 is 2.54 bits per heavy atom. The maximum Gasteiger partial charge on any atom is 0.246 e. The van der Waals surface area contributed by atoms with Crippen molar-refractivity contribution in [3.05, 3.63) is 35.9 Å². The number of amides is 1. The van der Waals surface area contributed by atoms with Gasteiger partial charge >= 0.3 is 0 Å². The van der Waals surface area contributed by atoms with Gasteiger partial charge in [0.15, 0.2) is 11.5 Å². The molecule has 0 fully saturated rings. The fourth-order valence-electron chi connectivity index (χ4n) is 3.62. The van der Waals surface area contributed by atoms with Gasteiger partial charge in [0, 0.05) is 23.4 Å². The molecule has 1 heterocycles. The molecule has 0 saturated heterocycles. The number of hydrogen-bond donors (Lipinski definition) is 0. The molecule has 1 amide bonds. The van der Waals surface area contributed by atoms with Gasteiger partial charge in [0.05, 0.1) is 25.8 Å². The van der Waals surface area contributed by atoms with E-state index in [0.717, 1.165) is 42.3 Å². The topological polar surface area (TPSA) is 51.1 Å². The third-order valence-corrected chi connectivity index (χ3v) is 5.58. The van der Waals surface area contributed by atoms with Gasteiger partial charge in [-0.1, -0.05) is 28.1 Å². The lowest BCUT2D eigenvalue weighted by Crippen LogP contribution is -2.45. The number of hydrogen-bond acceptors (Lipinski definition) is 4. The van der Waals surface area contributed by atoms with E-state index in [2.05, 4.69) is 28.1 Å². The van der Waals surface area contributed by atoms with Crippen molar-refractivity contribution >= 4 is 27.5 Å². The Labute approximate surface area is 163 Å². The van der Waals surface area contributed by atoms with Crippen LogP contribution in [0.25, 0.3) is 0 Å². The third-order valence-electron chi connectivity index (χ3n) is 5.02. The lowest BCUT2D eigenvalue weighted by Gasteiger charge is -2.37. The highest BCUT2D eigenvalue weighted by atomic mass is 79.9. The van der Waals surface area contributed by atoms with Crippen LogP contribution in [0.5, 0.6) is 11.5 Å². The number of hydrazone groups is 1. The lowest BCUT2D eigenvalue weighted by molar-refractivity contribution is -0.137. The number of ether oxygens (including phenoxy) is 2. The molecule has 1 aromatic carbocycles. The average molecular weight is 421 g/mol. The molecule has 0 saturated carbocycles. The number of methoxy groups -OCH3 is 2. The van der Waals surface area contributed by atoms with Crippen molar-refractivity contribution in [3.8, 4) is 11.5 Å². The van der Waals surface area contributed by atoms with Crippen LogP contribution in [0.3, 0.4) is 0 Å². The summed E-state index contributed by atoms with van der Waals surface area (Å²) in [5.74, 6) is 1.62. The third kappa shape index (κ3) is 3.80. The van der Waals surface area contributed by atoms with Crippen LogP contribution in [-0.4, -0.2) is 42.7 Å². The van der Waals surface area contributed by atoms with Crippen LogP contribution in [0.15, 0.2) is 35.5 Å². The molecule has 3 rings (SSSR count). The van der Waals surface area contributed by atoms with Crippen molar-refractivity contribution in [1.29, 1.82) is 0 Å². The van der Waals surface area contributed by atoms with Crippen LogP contribution in [0.4, 0.5) is 0 Å². The van der Waals surface area contributed by atoms with Crippen LogP contribution in [0.2, 0.25) is 0 Å². The minimum absolute atomic E-state index is 0.0235. The van der Waals surface area contributed by atoms with E-state index in [-0.39, 0.29) is 17.7 Å². The number of alkyl halides is 1. The van der Waals surface area contributed by atoms with E-state index in [1.54, 1.807) is 19.2 Å². The first-order chi connectivity index (χ1) is 12.7. The second kappa shape index (κ2) is 8.71. The van der Waals surface area contributed by atoms with Crippen molar-refractivity contribution < 1.29 is 14.3 Å². The lowest BCUT2D eigenvalue weighted by atomic mass is 9.76. The molecule has 6 heteroatoms. The minimum atomic E-state index is -0.0235. The van der Waals surface area contributed by atoms with E-state index < -0.39 is 0 Å². The van der Waals surface area contributed by atoms with E-state index in [1.165, 1.54) is 0 Å². The highest BCUT2D eigenvalue weighted by Crippen LogP contribution is 2.36. The Morgan fingerprint density at radius 1 is 1.12 bits per heavy atom.